The molecule has 9 heteroatoms. The summed E-state index contributed by atoms with van der Waals surface area (Å²) < 4.78 is 44.8. The molecule has 0 spiro atoms. The van der Waals surface area contributed by atoms with E-state index >= 15 is 0 Å². The molecule has 152 valence electrons. The Kier molecular flexibility index (Phi) is 5.58. The van der Waals surface area contributed by atoms with Gasteiger partial charge in [-0.25, -0.2) is 17.5 Å². The lowest BCUT2D eigenvalue weighted by atomic mass is 9.90. The lowest BCUT2D eigenvalue weighted by molar-refractivity contribution is 0.0379. The van der Waals surface area contributed by atoms with E-state index in [0.717, 1.165) is 0 Å². The number of halogens is 1. The number of ether oxygens (including phenoxy) is 1. The van der Waals surface area contributed by atoms with Crippen LogP contribution in [0.3, 0.4) is 0 Å². The Bertz CT molecular complexity index is 1030. The predicted molar refractivity (Wildman–Crippen MR) is 100 cm³/mol. The van der Waals surface area contributed by atoms with Crippen molar-refractivity contribution in [3.63, 3.8) is 0 Å². The molecule has 0 saturated heterocycles. The number of benzene rings is 1. The number of aromatic hydroxyl groups is 1. The molecule has 0 aliphatic carbocycles. The number of carbonyl (C=O) groups excluding carboxylic acids is 1. The van der Waals surface area contributed by atoms with Gasteiger partial charge in [-0.15, -0.1) is 0 Å². The second-order valence-electron chi connectivity index (χ2n) is 6.79. The van der Waals surface area contributed by atoms with Crippen LogP contribution < -0.4 is 0 Å². The van der Waals surface area contributed by atoms with Crippen LogP contribution in [0.15, 0.2) is 17.2 Å². The van der Waals surface area contributed by atoms with E-state index in [-0.39, 0.29) is 40.7 Å². The van der Waals surface area contributed by atoms with Crippen LogP contribution in [-0.2, 0) is 21.1 Å². The van der Waals surface area contributed by atoms with Crippen LogP contribution in [0.5, 0.6) is 5.88 Å². The van der Waals surface area contributed by atoms with Crippen LogP contribution in [0.4, 0.5) is 4.39 Å². The lowest BCUT2D eigenvalue weighted by Gasteiger charge is -2.29. The van der Waals surface area contributed by atoms with Gasteiger partial charge in [0.05, 0.1) is 29.6 Å². The second kappa shape index (κ2) is 7.63. The van der Waals surface area contributed by atoms with Gasteiger partial charge in [0.15, 0.2) is 15.6 Å². The first-order chi connectivity index (χ1) is 13.2. The third kappa shape index (κ3) is 3.33. The number of fused-ring (bicyclic) bond motifs is 1. The minimum atomic E-state index is -3.52. The predicted octanol–water partition coefficient (Wildman–Crippen LogP) is 2.66. The highest BCUT2D eigenvalue weighted by atomic mass is 32.2. The summed E-state index contributed by atoms with van der Waals surface area (Å²) in [6.07, 6.45) is 0.892. The van der Waals surface area contributed by atoms with E-state index in [1.165, 1.54) is 16.9 Å². The van der Waals surface area contributed by atoms with E-state index in [9.17, 15) is 22.7 Å². The van der Waals surface area contributed by atoms with E-state index < -0.39 is 28.4 Å². The van der Waals surface area contributed by atoms with Gasteiger partial charge in [0.1, 0.15) is 12.2 Å². The van der Waals surface area contributed by atoms with Crippen molar-refractivity contribution in [2.75, 3.05) is 19.0 Å². The van der Waals surface area contributed by atoms with Crippen molar-refractivity contribution in [1.82, 2.24) is 9.78 Å². The molecule has 1 aromatic heterocycles. The van der Waals surface area contributed by atoms with E-state index in [0.29, 0.717) is 23.2 Å². The van der Waals surface area contributed by atoms with Crippen molar-refractivity contribution >= 4 is 15.6 Å². The zero-order chi connectivity index (χ0) is 20.6. The number of hydrogen-bond acceptors (Lipinski definition) is 6. The molecular weight excluding hydrogens is 387 g/mol. The summed E-state index contributed by atoms with van der Waals surface area (Å²) >= 11 is 0. The fourth-order valence-corrected chi connectivity index (χ4v) is 5.63. The molecule has 3 rings (SSSR count). The van der Waals surface area contributed by atoms with Gasteiger partial charge in [-0.2, -0.15) is 5.10 Å². The fraction of sp³-hybridized carbons (Fsp3) is 0.474. The molecule has 2 aromatic rings. The maximum Gasteiger partial charge on any atom is 0.220 e. The Morgan fingerprint density at radius 1 is 1.39 bits per heavy atom. The topological polar surface area (TPSA) is 98.5 Å². The van der Waals surface area contributed by atoms with Crippen LogP contribution in [-0.4, -0.2) is 48.1 Å². The lowest BCUT2D eigenvalue weighted by Crippen LogP contribution is -2.26. The first-order valence-corrected chi connectivity index (χ1v) is 10.7. The molecule has 1 aliphatic heterocycles. The Hall–Kier alpha value is -2.26. The zero-order valence-electron chi connectivity index (χ0n) is 16.0. The Morgan fingerprint density at radius 3 is 2.71 bits per heavy atom. The maximum absolute atomic E-state index is 13.1. The van der Waals surface area contributed by atoms with Gasteiger partial charge in [0.25, 0.3) is 0 Å². The summed E-state index contributed by atoms with van der Waals surface area (Å²) in [7, 11) is -3.52. The molecule has 1 unspecified atom stereocenters. The summed E-state index contributed by atoms with van der Waals surface area (Å²) in [5.74, 6) is -0.776. The van der Waals surface area contributed by atoms with Crippen LogP contribution in [0, 0.1) is 13.8 Å². The summed E-state index contributed by atoms with van der Waals surface area (Å²) in [6.45, 7) is 4.63. The quantitative estimate of drug-likeness (QED) is 0.735. The third-order valence-corrected chi connectivity index (χ3v) is 6.99. The van der Waals surface area contributed by atoms with Crippen LogP contribution in [0.1, 0.15) is 52.1 Å². The molecule has 2 heterocycles. The number of alkyl halides is 1. The number of aryl methyl sites for hydroxylation is 2. The first-order valence-electron chi connectivity index (χ1n) is 9.06. The highest BCUT2D eigenvalue weighted by Gasteiger charge is 2.36. The summed E-state index contributed by atoms with van der Waals surface area (Å²) in [6, 6.07) is 1.52. The van der Waals surface area contributed by atoms with E-state index in [2.05, 4.69) is 5.10 Å². The number of ketones is 1. The van der Waals surface area contributed by atoms with Crippen molar-refractivity contribution in [3.05, 3.63) is 40.1 Å². The summed E-state index contributed by atoms with van der Waals surface area (Å²) in [5, 5.41) is 14.2. The van der Waals surface area contributed by atoms with Crippen LogP contribution in [0.2, 0.25) is 0 Å². The van der Waals surface area contributed by atoms with E-state index in [1.54, 1.807) is 20.8 Å². The van der Waals surface area contributed by atoms with E-state index in [1.807, 2.05) is 0 Å². The Labute approximate surface area is 163 Å². The number of nitrogens with zero attached hydrogens (tertiary/aromatic N) is 2. The first kappa shape index (κ1) is 20.5. The minimum absolute atomic E-state index is 0.0455. The zero-order valence-corrected chi connectivity index (χ0v) is 16.8. The summed E-state index contributed by atoms with van der Waals surface area (Å²) in [4.78, 5) is 13.2. The van der Waals surface area contributed by atoms with Crippen molar-refractivity contribution < 1.29 is 27.4 Å². The molecule has 0 radical (unpaired) electrons. The van der Waals surface area contributed by atoms with Gasteiger partial charge in [-0.3, -0.25) is 4.79 Å². The smallest absolute Gasteiger partial charge is 0.220 e. The van der Waals surface area contributed by atoms with Gasteiger partial charge < -0.3 is 9.84 Å². The number of aromatic nitrogens is 2. The molecule has 0 amide bonds. The fourth-order valence-electron chi connectivity index (χ4n) is 3.73. The number of sulfone groups is 1. The molecule has 1 N–H and O–H groups in total. The van der Waals surface area contributed by atoms with Crippen molar-refractivity contribution in [1.29, 1.82) is 0 Å². The van der Waals surface area contributed by atoms with Crippen molar-refractivity contribution in [3.8, 4) is 5.88 Å². The molecule has 0 saturated carbocycles. The molecule has 0 bridgehead atoms. The molecule has 0 fully saturated rings. The normalized spacial score (nSPS) is 18.1. The average molecular weight is 410 g/mol. The second-order valence-corrected chi connectivity index (χ2v) is 8.84. The van der Waals surface area contributed by atoms with Crippen LogP contribution in [0.25, 0.3) is 0 Å². The van der Waals surface area contributed by atoms with Gasteiger partial charge in [0, 0.05) is 17.7 Å². The van der Waals surface area contributed by atoms with Gasteiger partial charge >= 0.3 is 0 Å². The van der Waals surface area contributed by atoms with Gasteiger partial charge in [-0.1, -0.05) is 0 Å². The highest BCUT2D eigenvalue weighted by Crippen LogP contribution is 2.40. The SMILES string of the molecule is CCn1ncc(C(=O)c2cc(C)c3c(c2C)C(OCCF)CCS3(=O)=O)c1O. The highest BCUT2D eigenvalue weighted by molar-refractivity contribution is 7.91. The molecule has 1 aromatic carbocycles. The molecular formula is C19H23FN2O5S. The molecule has 7 nitrogen and oxygen atoms in total. The Balaban J connectivity index is 2.18. The standard InChI is InChI=1S/C19H23FN2O5S/c1-4-22-19(24)14(10-21-22)17(23)13-9-11(2)18-16(12(13)3)15(27-7-6-20)5-8-28(18,25)26/h9-10,15,24H,4-8H2,1-3H3. The number of rotatable bonds is 6. The largest absolute Gasteiger partial charge is 0.493 e. The van der Waals surface area contributed by atoms with Crippen molar-refractivity contribution in [2.24, 2.45) is 0 Å². The third-order valence-electron chi connectivity index (χ3n) is 5.05. The molecule has 1 atom stereocenters. The molecule has 28 heavy (non-hydrogen) atoms. The van der Waals surface area contributed by atoms with Crippen molar-refractivity contribution in [2.45, 2.75) is 44.7 Å². The number of carbonyl (C=O) groups is 1. The average Bonchev–Trinajstić information content (AvgIpc) is 3.03. The molecule has 1 aliphatic rings. The minimum Gasteiger partial charge on any atom is -0.493 e. The number of hydrogen-bond donors (Lipinski definition) is 1. The van der Waals surface area contributed by atoms with E-state index in [4.69, 9.17) is 4.74 Å². The monoisotopic (exact) mass is 410 g/mol. The Morgan fingerprint density at radius 2 is 2.11 bits per heavy atom. The summed E-state index contributed by atoms with van der Waals surface area (Å²) in [5.41, 5.74) is 1.61. The van der Waals surface area contributed by atoms with Crippen LogP contribution >= 0.6 is 0 Å². The van der Waals surface area contributed by atoms with Gasteiger partial charge in [0.2, 0.25) is 5.88 Å². The van der Waals surface area contributed by atoms with Gasteiger partial charge in [-0.05, 0) is 44.4 Å². The maximum atomic E-state index is 13.1.